The lowest BCUT2D eigenvalue weighted by Crippen LogP contribution is -2.40. The van der Waals surface area contributed by atoms with E-state index in [-0.39, 0.29) is 6.42 Å². The minimum Gasteiger partial charge on any atom is -0.497 e. The number of methoxy groups -OCH3 is 3. The van der Waals surface area contributed by atoms with Crippen LogP contribution < -0.4 is 14.2 Å². The first-order valence-electron chi connectivity index (χ1n) is 11.5. The molecular weight excluding hydrogens is 513 g/mol. The molecule has 1 N–H and O–H groups in total. The SMILES string of the molecule is COc1ccc2cc([C@](C)(C(=O)O)[C@@H](Cc3c(Cl)cncc3Cl)c3ccc(OC)c(OC)c3)ccc2c1. The molecule has 4 rings (SSSR count). The number of nitrogens with zero attached hydrogens (tertiary/aromatic N) is 1. The molecule has 0 unspecified atom stereocenters. The molecule has 0 aliphatic heterocycles. The first-order chi connectivity index (χ1) is 17.7. The van der Waals surface area contributed by atoms with E-state index in [2.05, 4.69) is 4.98 Å². The van der Waals surface area contributed by atoms with Gasteiger partial charge in [-0.15, -0.1) is 0 Å². The molecule has 2 atom stereocenters. The third-order valence-electron chi connectivity index (χ3n) is 6.96. The van der Waals surface area contributed by atoms with Gasteiger partial charge in [0.05, 0.1) is 36.8 Å². The van der Waals surface area contributed by atoms with Gasteiger partial charge >= 0.3 is 5.97 Å². The van der Waals surface area contributed by atoms with Crippen molar-refractivity contribution in [2.24, 2.45) is 0 Å². The van der Waals surface area contributed by atoms with Gasteiger partial charge in [-0.05, 0) is 71.1 Å². The summed E-state index contributed by atoms with van der Waals surface area (Å²) in [6, 6.07) is 16.8. The van der Waals surface area contributed by atoms with Crippen molar-refractivity contribution in [1.82, 2.24) is 4.98 Å². The van der Waals surface area contributed by atoms with E-state index in [1.165, 1.54) is 12.4 Å². The van der Waals surface area contributed by atoms with E-state index < -0.39 is 17.3 Å². The molecule has 37 heavy (non-hydrogen) atoms. The van der Waals surface area contributed by atoms with Gasteiger partial charge in [0.2, 0.25) is 0 Å². The Balaban J connectivity index is 1.94. The summed E-state index contributed by atoms with van der Waals surface area (Å²) < 4.78 is 16.3. The number of ether oxygens (including phenoxy) is 3. The van der Waals surface area contributed by atoms with Crippen LogP contribution in [-0.2, 0) is 16.6 Å². The lowest BCUT2D eigenvalue weighted by molar-refractivity contribution is -0.144. The summed E-state index contributed by atoms with van der Waals surface area (Å²) in [5, 5.41) is 13.3. The lowest BCUT2D eigenvalue weighted by Gasteiger charge is -2.36. The van der Waals surface area contributed by atoms with E-state index in [1.807, 2.05) is 42.5 Å². The van der Waals surface area contributed by atoms with Gasteiger partial charge in [-0.25, -0.2) is 0 Å². The van der Waals surface area contributed by atoms with Crippen molar-refractivity contribution in [3.8, 4) is 17.2 Å². The molecule has 0 aliphatic rings. The Kier molecular flexibility index (Phi) is 7.81. The number of hydrogen-bond acceptors (Lipinski definition) is 5. The molecule has 1 heterocycles. The maximum Gasteiger partial charge on any atom is 0.314 e. The molecule has 0 amide bonds. The van der Waals surface area contributed by atoms with Crippen LogP contribution in [-0.4, -0.2) is 37.4 Å². The standard InChI is InChI=1S/C29H27Cl2NO5/c1-29(28(33)34,20-8-5-18-12-21(35-2)9-6-17(18)11-20)23(14-22-24(30)15-32-16-25(22)31)19-7-10-26(36-3)27(13-19)37-4/h5-13,15-16,23H,14H2,1-4H3,(H,33,34)/t23-,29-/m0/s1. The second-order valence-corrected chi connectivity index (χ2v) is 9.70. The van der Waals surface area contributed by atoms with E-state index in [4.69, 9.17) is 37.4 Å². The second-order valence-electron chi connectivity index (χ2n) is 8.89. The van der Waals surface area contributed by atoms with Gasteiger partial charge in [-0.1, -0.05) is 47.5 Å². The van der Waals surface area contributed by atoms with Crippen LogP contribution in [0.3, 0.4) is 0 Å². The van der Waals surface area contributed by atoms with Gasteiger partial charge in [0.1, 0.15) is 5.75 Å². The molecule has 192 valence electrons. The van der Waals surface area contributed by atoms with Crippen molar-refractivity contribution in [2.45, 2.75) is 24.7 Å². The Bertz CT molecular complexity index is 1440. The molecule has 0 spiro atoms. The maximum atomic E-state index is 13.2. The molecule has 0 radical (unpaired) electrons. The average molecular weight is 540 g/mol. The van der Waals surface area contributed by atoms with Gasteiger partial charge in [0.25, 0.3) is 0 Å². The van der Waals surface area contributed by atoms with Crippen LogP contribution in [0.15, 0.2) is 67.0 Å². The first-order valence-corrected chi connectivity index (χ1v) is 12.3. The summed E-state index contributed by atoms with van der Waals surface area (Å²) in [7, 11) is 4.71. The zero-order chi connectivity index (χ0) is 26.7. The molecular formula is C29H27Cl2NO5. The first kappa shape index (κ1) is 26.6. The number of pyridine rings is 1. The number of benzene rings is 3. The third-order valence-corrected chi connectivity index (χ3v) is 7.61. The van der Waals surface area contributed by atoms with Crippen molar-refractivity contribution in [1.29, 1.82) is 0 Å². The molecule has 1 aromatic heterocycles. The number of fused-ring (bicyclic) bond motifs is 1. The zero-order valence-corrected chi connectivity index (χ0v) is 22.4. The molecule has 0 saturated heterocycles. The smallest absolute Gasteiger partial charge is 0.314 e. The Morgan fingerprint density at radius 1 is 0.892 bits per heavy atom. The molecule has 0 aliphatic carbocycles. The predicted octanol–water partition coefficient (Wildman–Crippen LogP) is 6.94. The van der Waals surface area contributed by atoms with Crippen molar-refractivity contribution < 1.29 is 24.1 Å². The van der Waals surface area contributed by atoms with Gasteiger partial charge in [-0.3, -0.25) is 9.78 Å². The van der Waals surface area contributed by atoms with Crippen LogP contribution in [0.4, 0.5) is 0 Å². The summed E-state index contributed by atoms with van der Waals surface area (Å²) in [4.78, 5) is 17.2. The summed E-state index contributed by atoms with van der Waals surface area (Å²) >= 11 is 13.0. The van der Waals surface area contributed by atoms with E-state index in [0.29, 0.717) is 32.7 Å². The second kappa shape index (κ2) is 10.9. The largest absolute Gasteiger partial charge is 0.497 e. The molecule has 3 aromatic carbocycles. The summed E-state index contributed by atoms with van der Waals surface area (Å²) in [5.41, 5.74) is 0.625. The molecule has 0 saturated carbocycles. The fraction of sp³-hybridized carbons (Fsp3) is 0.241. The average Bonchev–Trinajstić information content (AvgIpc) is 2.91. The number of hydrogen-bond donors (Lipinski definition) is 1. The molecule has 4 aromatic rings. The highest BCUT2D eigenvalue weighted by Gasteiger charge is 2.45. The van der Waals surface area contributed by atoms with Crippen LogP contribution in [0.2, 0.25) is 10.0 Å². The van der Waals surface area contributed by atoms with Crippen LogP contribution in [0.1, 0.15) is 29.5 Å². The number of rotatable bonds is 9. The van der Waals surface area contributed by atoms with Gasteiger partial charge in [0, 0.05) is 18.3 Å². The van der Waals surface area contributed by atoms with E-state index in [9.17, 15) is 9.90 Å². The minimum absolute atomic E-state index is 0.249. The van der Waals surface area contributed by atoms with Crippen LogP contribution in [0, 0.1) is 0 Å². The highest BCUT2D eigenvalue weighted by atomic mass is 35.5. The Hall–Kier alpha value is -3.48. The summed E-state index contributed by atoms with van der Waals surface area (Å²) in [6.07, 6.45) is 3.27. The predicted molar refractivity (Wildman–Crippen MR) is 146 cm³/mol. The van der Waals surface area contributed by atoms with Crippen LogP contribution in [0.25, 0.3) is 10.8 Å². The molecule has 6 nitrogen and oxygen atoms in total. The Morgan fingerprint density at radius 2 is 1.54 bits per heavy atom. The number of carboxylic acids is 1. The summed E-state index contributed by atoms with van der Waals surface area (Å²) in [6.45, 7) is 1.73. The highest BCUT2D eigenvalue weighted by Crippen LogP contribution is 2.46. The quantitative estimate of drug-likeness (QED) is 0.248. The fourth-order valence-corrected chi connectivity index (χ4v) is 5.23. The Morgan fingerprint density at radius 3 is 2.16 bits per heavy atom. The number of aromatic nitrogens is 1. The van der Waals surface area contributed by atoms with E-state index >= 15 is 0 Å². The fourth-order valence-electron chi connectivity index (χ4n) is 4.71. The van der Waals surface area contributed by atoms with E-state index in [1.54, 1.807) is 40.4 Å². The van der Waals surface area contributed by atoms with Crippen molar-refractivity contribution in [3.05, 3.63) is 93.7 Å². The number of carbonyl (C=O) groups is 1. The van der Waals surface area contributed by atoms with Gasteiger partial charge < -0.3 is 19.3 Å². The molecule has 8 heteroatoms. The van der Waals surface area contributed by atoms with Gasteiger partial charge in [0.15, 0.2) is 11.5 Å². The maximum absolute atomic E-state index is 13.2. The number of halogens is 2. The van der Waals surface area contributed by atoms with Crippen molar-refractivity contribution >= 4 is 39.9 Å². The third kappa shape index (κ3) is 5.04. The zero-order valence-electron chi connectivity index (χ0n) is 20.9. The lowest BCUT2D eigenvalue weighted by atomic mass is 9.66. The topological polar surface area (TPSA) is 77.9 Å². The van der Waals surface area contributed by atoms with Crippen molar-refractivity contribution in [2.75, 3.05) is 21.3 Å². The molecule has 0 bridgehead atoms. The number of aliphatic carboxylic acids is 1. The highest BCUT2D eigenvalue weighted by molar-refractivity contribution is 6.35. The van der Waals surface area contributed by atoms with Crippen LogP contribution in [0.5, 0.6) is 17.2 Å². The summed E-state index contributed by atoms with van der Waals surface area (Å²) in [5.74, 6) is 0.197. The monoisotopic (exact) mass is 539 g/mol. The number of carboxylic acid groups (broad SMARTS) is 1. The normalized spacial score (nSPS) is 13.6. The van der Waals surface area contributed by atoms with E-state index in [0.717, 1.165) is 22.1 Å². The van der Waals surface area contributed by atoms with Crippen molar-refractivity contribution in [3.63, 3.8) is 0 Å². The Labute approximate surface area is 225 Å². The van der Waals surface area contributed by atoms with Gasteiger partial charge in [-0.2, -0.15) is 0 Å². The molecule has 0 fully saturated rings. The minimum atomic E-state index is -1.37. The van der Waals surface area contributed by atoms with Crippen LogP contribution >= 0.6 is 23.2 Å².